The third-order valence-electron chi connectivity index (χ3n) is 18.8. The Morgan fingerprint density at radius 3 is 0.804 bits per heavy atom. The maximum absolute atomic E-state index is 13.1. The van der Waals surface area contributed by atoms with Crippen molar-refractivity contribution in [3.05, 3.63) is 24.3 Å². The van der Waals surface area contributed by atoms with Crippen LogP contribution in [0.4, 0.5) is 0 Å². The van der Waals surface area contributed by atoms with Gasteiger partial charge in [0.25, 0.3) is 0 Å². The van der Waals surface area contributed by atoms with Gasteiger partial charge in [0.1, 0.15) is 19.3 Å². The molecule has 0 aliphatic heterocycles. The first-order valence-corrected chi connectivity index (χ1v) is 45.3. The van der Waals surface area contributed by atoms with Crippen LogP contribution in [-0.4, -0.2) is 96.7 Å². The quantitative estimate of drug-likeness (QED) is 0.0169. The number of hydrogen-bond acceptors (Lipinski definition) is 15. The second-order valence-corrected chi connectivity index (χ2v) is 33.0. The molecule has 102 heavy (non-hydrogen) atoms. The third-order valence-corrected chi connectivity index (χ3v) is 20.7. The van der Waals surface area contributed by atoms with Crippen molar-refractivity contribution in [1.82, 2.24) is 0 Å². The fraction of sp³-hybridized carbons (Fsp3) is 0.904. The molecule has 602 valence electrons. The van der Waals surface area contributed by atoms with Crippen molar-refractivity contribution < 1.29 is 80.2 Å². The van der Waals surface area contributed by atoms with Crippen molar-refractivity contribution in [2.75, 3.05) is 39.6 Å². The molecule has 0 rings (SSSR count). The minimum atomic E-state index is -4.97. The van der Waals surface area contributed by atoms with Crippen molar-refractivity contribution in [2.45, 2.75) is 432 Å². The van der Waals surface area contributed by atoms with E-state index in [1.54, 1.807) is 0 Å². The summed E-state index contributed by atoms with van der Waals surface area (Å²) in [4.78, 5) is 73.1. The smallest absolute Gasteiger partial charge is 0.462 e. The fourth-order valence-electron chi connectivity index (χ4n) is 12.3. The van der Waals surface area contributed by atoms with Gasteiger partial charge in [0.2, 0.25) is 0 Å². The Kier molecular flexibility index (Phi) is 72.2. The molecule has 2 unspecified atom stereocenters. The van der Waals surface area contributed by atoms with Crippen LogP contribution in [0.1, 0.15) is 414 Å². The zero-order valence-corrected chi connectivity index (χ0v) is 68.2. The molecular formula is C83H158O17P2. The molecule has 5 atom stereocenters. The molecule has 0 aromatic heterocycles. The van der Waals surface area contributed by atoms with E-state index in [0.29, 0.717) is 25.7 Å². The summed E-state index contributed by atoms with van der Waals surface area (Å²) in [5.74, 6) is -0.632. The number of aliphatic hydroxyl groups is 1. The molecule has 3 N–H and O–H groups in total. The van der Waals surface area contributed by atoms with Crippen LogP contribution >= 0.6 is 15.6 Å². The average Bonchev–Trinajstić information content (AvgIpc) is 0.921. The van der Waals surface area contributed by atoms with Crippen LogP contribution in [0.2, 0.25) is 0 Å². The lowest BCUT2D eigenvalue weighted by Crippen LogP contribution is -2.30. The summed E-state index contributed by atoms with van der Waals surface area (Å²) in [6, 6.07) is 0. The highest BCUT2D eigenvalue weighted by molar-refractivity contribution is 7.47. The van der Waals surface area contributed by atoms with E-state index >= 15 is 0 Å². The van der Waals surface area contributed by atoms with E-state index in [1.807, 2.05) is 0 Å². The van der Waals surface area contributed by atoms with Gasteiger partial charge in [0.15, 0.2) is 12.2 Å². The van der Waals surface area contributed by atoms with Crippen molar-refractivity contribution in [3.8, 4) is 0 Å². The third kappa shape index (κ3) is 75.8. The number of aliphatic hydroxyl groups excluding tert-OH is 1. The normalized spacial score (nSPS) is 14.0. The number of rotatable bonds is 80. The van der Waals surface area contributed by atoms with Crippen molar-refractivity contribution in [2.24, 2.45) is 11.8 Å². The molecule has 0 aromatic rings. The molecule has 0 saturated carbocycles. The fourth-order valence-corrected chi connectivity index (χ4v) is 13.9. The zero-order chi connectivity index (χ0) is 74.9. The van der Waals surface area contributed by atoms with Gasteiger partial charge in [-0.25, -0.2) is 9.13 Å². The number of phosphoric acid groups is 2. The van der Waals surface area contributed by atoms with E-state index < -0.39 is 97.5 Å². The first kappa shape index (κ1) is 99.5. The van der Waals surface area contributed by atoms with Crippen LogP contribution in [0.15, 0.2) is 24.3 Å². The second kappa shape index (κ2) is 74.0. The highest BCUT2D eigenvalue weighted by atomic mass is 31.2. The average molecular weight is 1490 g/mol. The lowest BCUT2D eigenvalue weighted by molar-refractivity contribution is -0.161. The Bertz CT molecular complexity index is 2050. The van der Waals surface area contributed by atoms with E-state index in [9.17, 15) is 43.2 Å². The topological polar surface area (TPSA) is 237 Å². The van der Waals surface area contributed by atoms with E-state index in [2.05, 4.69) is 65.8 Å². The van der Waals surface area contributed by atoms with Crippen molar-refractivity contribution >= 4 is 39.5 Å². The van der Waals surface area contributed by atoms with Gasteiger partial charge in [0.05, 0.1) is 26.4 Å². The molecule has 17 nitrogen and oxygen atoms in total. The lowest BCUT2D eigenvalue weighted by atomic mass is 10.0. The minimum Gasteiger partial charge on any atom is -0.462 e. The molecule has 0 aromatic carbocycles. The van der Waals surface area contributed by atoms with Gasteiger partial charge in [0, 0.05) is 25.7 Å². The lowest BCUT2D eigenvalue weighted by Gasteiger charge is -2.21. The Balaban J connectivity index is 5.27. The number of ether oxygens (including phenoxy) is 4. The number of allylic oxidation sites excluding steroid dienone is 4. The van der Waals surface area contributed by atoms with Crippen LogP contribution in [0.3, 0.4) is 0 Å². The molecule has 0 fully saturated rings. The molecular weight excluding hydrogens is 1330 g/mol. The Morgan fingerprint density at radius 2 is 0.529 bits per heavy atom. The Hall–Kier alpha value is -2.46. The zero-order valence-electron chi connectivity index (χ0n) is 66.4. The number of hydrogen-bond donors (Lipinski definition) is 3. The number of esters is 4. The Labute approximate surface area is 624 Å². The summed E-state index contributed by atoms with van der Waals surface area (Å²) >= 11 is 0. The molecule has 0 radical (unpaired) electrons. The monoisotopic (exact) mass is 1490 g/mol. The predicted octanol–water partition coefficient (Wildman–Crippen LogP) is 24.6. The highest BCUT2D eigenvalue weighted by Gasteiger charge is 2.30. The van der Waals surface area contributed by atoms with Crippen LogP contribution in [0.25, 0.3) is 0 Å². The van der Waals surface area contributed by atoms with E-state index in [4.69, 9.17) is 37.0 Å². The number of phosphoric ester groups is 2. The molecule has 19 heteroatoms. The number of carbonyl (C=O) groups is 4. The van der Waals surface area contributed by atoms with Gasteiger partial charge >= 0.3 is 39.5 Å². The maximum atomic E-state index is 13.1. The van der Waals surface area contributed by atoms with Gasteiger partial charge in [-0.2, -0.15) is 0 Å². The molecule has 0 heterocycles. The second-order valence-electron chi connectivity index (χ2n) is 30.1. The van der Waals surface area contributed by atoms with Gasteiger partial charge in [-0.1, -0.05) is 361 Å². The summed E-state index contributed by atoms with van der Waals surface area (Å²) in [6.07, 6.45) is 67.5. The van der Waals surface area contributed by atoms with Gasteiger partial charge in [-0.15, -0.1) is 0 Å². The van der Waals surface area contributed by atoms with Crippen LogP contribution in [0, 0.1) is 11.8 Å². The molecule has 0 aliphatic rings. The molecule has 0 spiro atoms. The highest BCUT2D eigenvalue weighted by Crippen LogP contribution is 2.45. The first-order valence-electron chi connectivity index (χ1n) is 42.3. The molecule has 0 bridgehead atoms. The molecule has 0 aliphatic carbocycles. The van der Waals surface area contributed by atoms with Gasteiger partial charge < -0.3 is 33.8 Å². The van der Waals surface area contributed by atoms with Crippen molar-refractivity contribution in [1.29, 1.82) is 0 Å². The van der Waals surface area contributed by atoms with E-state index in [0.717, 1.165) is 121 Å². The summed E-state index contributed by atoms with van der Waals surface area (Å²) in [5.41, 5.74) is 0. The molecule has 0 saturated heterocycles. The van der Waals surface area contributed by atoms with Crippen LogP contribution in [0.5, 0.6) is 0 Å². The largest absolute Gasteiger partial charge is 0.472 e. The molecule has 0 amide bonds. The predicted molar refractivity (Wildman–Crippen MR) is 418 cm³/mol. The van der Waals surface area contributed by atoms with E-state index in [1.165, 1.54) is 212 Å². The van der Waals surface area contributed by atoms with Gasteiger partial charge in [-0.3, -0.25) is 37.3 Å². The minimum absolute atomic E-state index is 0.102. The van der Waals surface area contributed by atoms with Gasteiger partial charge in [-0.05, 0) is 63.2 Å². The summed E-state index contributed by atoms with van der Waals surface area (Å²) < 4.78 is 68.7. The van der Waals surface area contributed by atoms with Crippen LogP contribution in [-0.2, 0) is 65.4 Å². The summed E-state index contributed by atoms with van der Waals surface area (Å²) in [7, 11) is -9.93. The number of unbranched alkanes of at least 4 members (excludes halogenated alkanes) is 47. The maximum Gasteiger partial charge on any atom is 0.472 e. The Morgan fingerprint density at radius 1 is 0.304 bits per heavy atom. The SMILES string of the molecule is CCCCCC/C=C\C=C/CCCCCCCC(=O)OC[C@H](COP(=O)(O)OC[C@@H](O)COP(=O)(O)OC[C@@H](COC(=O)CCCCCCCCCCCC(C)C)OC(=O)CCCCCCCCCCCCCC(C)C)OC(=O)CCCCCCCCCCCCCCCCCCCCCCC. The standard InChI is InChI=1S/C83H158O17P2/c1-7-9-11-13-15-17-19-21-23-24-25-26-27-28-30-32-36-42-49-55-61-67-82(87)99-78(71-93-80(85)65-59-53-47-41-35-31-29-22-20-18-16-14-12-10-8-2)73-97-101(89,90)95-69-77(84)70-96-102(91,92)98-74-79(72-94-81(86)66-60-54-48-44-38-40-46-52-58-64-76(5)6)100-83(88)68-62-56-50-43-37-33-34-39-45-51-57-63-75(3)4/h18,20,22,29,75-79,84H,7-17,19,21,23-28,30-74H2,1-6H3,(H,89,90)(H,91,92)/b20-18-,29-22-/t77-,78-,79-/m1/s1. The number of carbonyl (C=O) groups excluding carboxylic acids is 4. The van der Waals surface area contributed by atoms with Crippen LogP contribution < -0.4 is 0 Å². The first-order chi connectivity index (χ1) is 49.4. The van der Waals surface area contributed by atoms with E-state index in [-0.39, 0.29) is 25.7 Å². The summed E-state index contributed by atoms with van der Waals surface area (Å²) in [6.45, 7) is 9.56. The summed E-state index contributed by atoms with van der Waals surface area (Å²) in [5, 5.41) is 10.7. The van der Waals surface area contributed by atoms with Crippen molar-refractivity contribution in [3.63, 3.8) is 0 Å².